The van der Waals surface area contributed by atoms with E-state index >= 15 is 0 Å². The molecular formula is C14H29N3. The van der Waals surface area contributed by atoms with E-state index in [0.717, 1.165) is 6.04 Å². The average Bonchev–Trinajstić information content (AvgIpc) is 2.72. The molecule has 3 unspecified atom stereocenters. The molecule has 3 nitrogen and oxygen atoms in total. The lowest BCUT2D eigenvalue weighted by atomic mass is 10.1. The predicted molar refractivity (Wildman–Crippen MR) is 73.4 cm³/mol. The fourth-order valence-electron chi connectivity index (χ4n) is 3.34. The standard InChI is InChI=1S/C14H29N3/c1-11(2)16-7-6-14(10-16)17-9-12(3)15(5)8-13(17)4/h11-14H,6-10H2,1-5H3. The molecule has 2 heterocycles. The van der Waals surface area contributed by atoms with Crippen molar-refractivity contribution in [1.29, 1.82) is 0 Å². The molecule has 2 fully saturated rings. The Bertz CT molecular complexity index is 254. The summed E-state index contributed by atoms with van der Waals surface area (Å²) in [6.07, 6.45) is 1.36. The Labute approximate surface area is 107 Å². The highest BCUT2D eigenvalue weighted by Crippen LogP contribution is 2.23. The molecule has 0 amide bonds. The van der Waals surface area contributed by atoms with E-state index in [-0.39, 0.29) is 0 Å². The van der Waals surface area contributed by atoms with E-state index in [4.69, 9.17) is 0 Å². The van der Waals surface area contributed by atoms with Crippen LogP contribution in [-0.4, -0.2) is 72.1 Å². The topological polar surface area (TPSA) is 9.72 Å². The van der Waals surface area contributed by atoms with Gasteiger partial charge in [0.15, 0.2) is 0 Å². The van der Waals surface area contributed by atoms with Crippen LogP contribution >= 0.6 is 0 Å². The van der Waals surface area contributed by atoms with Crippen molar-refractivity contribution in [3.05, 3.63) is 0 Å². The Morgan fingerprint density at radius 1 is 1.00 bits per heavy atom. The second-order valence-corrected chi connectivity index (χ2v) is 6.37. The van der Waals surface area contributed by atoms with Crippen molar-refractivity contribution in [2.45, 2.75) is 58.3 Å². The highest BCUT2D eigenvalue weighted by Gasteiger charge is 2.35. The largest absolute Gasteiger partial charge is 0.301 e. The molecule has 0 bridgehead atoms. The molecule has 2 aliphatic rings. The summed E-state index contributed by atoms with van der Waals surface area (Å²) in [5, 5.41) is 0. The lowest BCUT2D eigenvalue weighted by molar-refractivity contribution is 0.0298. The molecule has 0 radical (unpaired) electrons. The van der Waals surface area contributed by atoms with Crippen LogP contribution in [0.1, 0.15) is 34.1 Å². The third-order valence-electron chi connectivity index (χ3n) is 4.74. The van der Waals surface area contributed by atoms with E-state index in [1.54, 1.807) is 0 Å². The molecule has 3 atom stereocenters. The summed E-state index contributed by atoms with van der Waals surface area (Å²) in [5.74, 6) is 0. The molecule has 0 aromatic carbocycles. The van der Waals surface area contributed by atoms with E-state index in [1.807, 2.05) is 0 Å². The number of hydrogen-bond acceptors (Lipinski definition) is 3. The maximum absolute atomic E-state index is 2.76. The lowest BCUT2D eigenvalue weighted by Gasteiger charge is -2.45. The second kappa shape index (κ2) is 5.25. The summed E-state index contributed by atoms with van der Waals surface area (Å²) < 4.78 is 0. The van der Waals surface area contributed by atoms with E-state index in [0.29, 0.717) is 18.1 Å². The summed E-state index contributed by atoms with van der Waals surface area (Å²) in [7, 11) is 2.26. The number of likely N-dealkylation sites (N-methyl/N-ethyl adjacent to an activating group) is 1. The van der Waals surface area contributed by atoms with E-state index < -0.39 is 0 Å². The van der Waals surface area contributed by atoms with E-state index in [1.165, 1.54) is 32.6 Å². The molecule has 3 heteroatoms. The van der Waals surface area contributed by atoms with Gasteiger partial charge in [0, 0.05) is 50.3 Å². The van der Waals surface area contributed by atoms with E-state index in [9.17, 15) is 0 Å². The summed E-state index contributed by atoms with van der Waals surface area (Å²) in [5.41, 5.74) is 0. The van der Waals surface area contributed by atoms with Gasteiger partial charge in [-0.15, -0.1) is 0 Å². The monoisotopic (exact) mass is 239 g/mol. The molecule has 2 rings (SSSR count). The van der Waals surface area contributed by atoms with Gasteiger partial charge in [-0.25, -0.2) is 0 Å². The fraction of sp³-hybridized carbons (Fsp3) is 1.00. The van der Waals surface area contributed by atoms with Crippen LogP contribution in [0, 0.1) is 0 Å². The Balaban J connectivity index is 1.94. The Morgan fingerprint density at radius 2 is 1.71 bits per heavy atom. The quantitative estimate of drug-likeness (QED) is 0.723. The number of likely N-dealkylation sites (tertiary alicyclic amines) is 1. The first-order valence-electron chi connectivity index (χ1n) is 7.19. The van der Waals surface area contributed by atoms with Crippen LogP contribution in [-0.2, 0) is 0 Å². The summed E-state index contributed by atoms with van der Waals surface area (Å²) in [4.78, 5) is 7.88. The number of piperazine rings is 1. The molecule has 100 valence electrons. The van der Waals surface area contributed by atoms with Gasteiger partial charge < -0.3 is 4.90 Å². The summed E-state index contributed by atoms with van der Waals surface area (Å²) in [6, 6.07) is 2.93. The molecule has 2 saturated heterocycles. The van der Waals surface area contributed by atoms with Gasteiger partial charge in [-0.05, 0) is 41.2 Å². The minimum atomic E-state index is 0.708. The van der Waals surface area contributed by atoms with Crippen LogP contribution in [0.2, 0.25) is 0 Å². The summed E-state index contributed by atoms with van der Waals surface area (Å²) >= 11 is 0. The van der Waals surface area contributed by atoms with Crippen LogP contribution in [0.4, 0.5) is 0 Å². The zero-order valence-electron chi connectivity index (χ0n) is 12.2. The fourth-order valence-corrected chi connectivity index (χ4v) is 3.34. The Morgan fingerprint density at radius 3 is 2.29 bits per heavy atom. The van der Waals surface area contributed by atoms with Gasteiger partial charge in [0.25, 0.3) is 0 Å². The van der Waals surface area contributed by atoms with Gasteiger partial charge in [0.1, 0.15) is 0 Å². The van der Waals surface area contributed by atoms with Gasteiger partial charge in [0.2, 0.25) is 0 Å². The zero-order chi connectivity index (χ0) is 12.6. The molecule has 0 aromatic rings. The van der Waals surface area contributed by atoms with Crippen LogP contribution in [0.25, 0.3) is 0 Å². The van der Waals surface area contributed by atoms with Gasteiger partial charge in [-0.1, -0.05) is 0 Å². The normalized spacial score (nSPS) is 38.1. The number of rotatable bonds is 2. The second-order valence-electron chi connectivity index (χ2n) is 6.37. The van der Waals surface area contributed by atoms with Crippen molar-refractivity contribution < 1.29 is 0 Å². The van der Waals surface area contributed by atoms with E-state index in [2.05, 4.69) is 49.4 Å². The van der Waals surface area contributed by atoms with Crippen molar-refractivity contribution in [1.82, 2.24) is 14.7 Å². The van der Waals surface area contributed by atoms with Crippen molar-refractivity contribution in [3.8, 4) is 0 Å². The molecule has 0 aliphatic carbocycles. The molecule has 2 aliphatic heterocycles. The first-order valence-corrected chi connectivity index (χ1v) is 7.19. The van der Waals surface area contributed by atoms with Crippen molar-refractivity contribution in [2.24, 2.45) is 0 Å². The predicted octanol–water partition coefficient (Wildman–Crippen LogP) is 1.49. The van der Waals surface area contributed by atoms with Crippen molar-refractivity contribution >= 4 is 0 Å². The molecule has 0 saturated carbocycles. The Hall–Kier alpha value is -0.120. The number of hydrogen-bond donors (Lipinski definition) is 0. The SMILES string of the molecule is CC1CN(C2CCN(C(C)C)C2)C(C)CN1C. The molecule has 0 aromatic heterocycles. The van der Waals surface area contributed by atoms with Gasteiger partial charge in [-0.3, -0.25) is 9.80 Å². The molecule has 17 heavy (non-hydrogen) atoms. The van der Waals surface area contributed by atoms with Gasteiger partial charge in [0.05, 0.1) is 0 Å². The maximum Gasteiger partial charge on any atom is 0.0239 e. The first-order chi connectivity index (χ1) is 7.99. The van der Waals surface area contributed by atoms with Crippen LogP contribution in [0.3, 0.4) is 0 Å². The zero-order valence-corrected chi connectivity index (χ0v) is 12.2. The van der Waals surface area contributed by atoms with Crippen molar-refractivity contribution in [3.63, 3.8) is 0 Å². The highest BCUT2D eigenvalue weighted by molar-refractivity contribution is 4.92. The smallest absolute Gasteiger partial charge is 0.0239 e. The van der Waals surface area contributed by atoms with Crippen LogP contribution in [0.15, 0.2) is 0 Å². The van der Waals surface area contributed by atoms with Crippen molar-refractivity contribution in [2.75, 3.05) is 33.2 Å². The minimum Gasteiger partial charge on any atom is -0.301 e. The van der Waals surface area contributed by atoms with Gasteiger partial charge >= 0.3 is 0 Å². The first kappa shape index (κ1) is 13.3. The average molecular weight is 239 g/mol. The molecule has 0 spiro atoms. The molecule has 0 N–H and O–H groups in total. The lowest BCUT2D eigenvalue weighted by Crippen LogP contribution is -2.58. The van der Waals surface area contributed by atoms with Crippen LogP contribution in [0.5, 0.6) is 0 Å². The minimum absolute atomic E-state index is 0.708. The Kier molecular flexibility index (Phi) is 4.11. The molecular weight excluding hydrogens is 210 g/mol. The maximum atomic E-state index is 2.76. The van der Waals surface area contributed by atoms with Gasteiger partial charge in [-0.2, -0.15) is 0 Å². The highest BCUT2D eigenvalue weighted by atomic mass is 15.3. The third-order valence-corrected chi connectivity index (χ3v) is 4.74. The summed E-state index contributed by atoms with van der Waals surface area (Å²) in [6.45, 7) is 14.4. The number of nitrogens with zero attached hydrogens (tertiary/aromatic N) is 3. The van der Waals surface area contributed by atoms with Crippen LogP contribution < -0.4 is 0 Å². The third kappa shape index (κ3) is 2.83.